The Bertz CT molecular complexity index is 470. The largest absolute Gasteiger partial charge is 0.461 e. The highest BCUT2D eigenvalue weighted by atomic mass is 35.5. The van der Waals surface area contributed by atoms with Crippen molar-refractivity contribution in [3.63, 3.8) is 0 Å². The van der Waals surface area contributed by atoms with Crippen LogP contribution < -0.4 is 10.1 Å². The van der Waals surface area contributed by atoms with Gasteiger partial charge in [-0.1, -0.05) is 12.1 Å². The fourth-order valence-corrected chi connectivity index (χ4v) is 2.39. The van der Waals surface area contributed by atoms with Crippen LogP contribution in [0.4, 0.5) is 17.6 Å². The molecular formula is C14H19ClF4N2O2. The molecule has 1 saturated heterocycles. The summed E-state index contributed by atoms with van der Waals surface area (Å²) in [4.78, 5) is 2.07. The number of aliphatic hydroxyl groups excluding tert-OH is 1. The van der Waals surface area contributed by atoms with Crippen LogP contribution in [-0.4, -0.2) is 55.3 Å². The summed E-state index contributed by atoms with van der Waals surface area (Å²) in [5.41, 5.74) is 0.720. The van der Waals surface area contributed by atoms with Gasteiger partial charge >= 0.3 is 12.5 Å². The molecule has 2 N–H and O–H groups in total. The number of rotatable bonds is 6. The van der Waals surface area contributed by atoms with Crippen LogP contribution in [0.2, 0.25) is 0 Å². The van der Waals surface area contributed by atoms with Crippen LogP contribution >= 0.6 is 12.4 Å². The van der Waals surface area contributed by atoms with E-state index in [0.29, 0.717) is 0 Å². The third-order valence-electron chi connectivity index (χ3n) is 3.54. The summed E-state index contributed by atoms with van der Waals surface area (Å²) in [5, 5.41) is 12.7. The summed E-state index contributed by atoms with van der Waals surface area (Å²) in [6.07, 6.45) is -8.41. The van der Waals surface area contributed by atoms with E-state index in [-0.39, 0.29) is 30.8 Å². The average Bonchev–Trinajstić information content (AvgIpc) is 2.50. The van der Waals surface area contributed by atoms with Gasteiger partial charge in [0.2, 0.25) is 0 Å². The Labute approximate surface area is 137 Å². The lowest BCUT2D eigenvalue weighted by molar-refractivity contribution is -0.253. The molecule has 0 radical (unpaired) electrons. The Hall–Kier alpha value is -1.09. The van der Waals surface area contributed by atoms with E-state index in [9.17, 15) is 22.7 Å². The van der Waals surface area contributed by atoms with Crippen LogP contribution in [0.1, 0.15) is 11.6 Å². The predicted octanol–water partition coefficient (Wildman–Crippen LogP) is 2.28. The molecule has 9 heteroatoms. The van der Waals surface area contributed by atoms with Gasteiger partial charge in [-0.05, 0) is 17.7 Å². The first kappa shape index (κ1) is 20.0. The zero-order chi connectivity index (χ0) is 16.2. The number of ether oxygens (including phenoxy) is 1. The molecule has 1 aromatic rings. The van der Waals surface area contributed by atoms with Crippen LogP contribution in [0.15, 0.2) is 24.3 Å². The van der Waals surface area contributed by atoms with Crippen molar-refractivity contribution in [1.82, 2.24) is 10.2 Å². The highest BCUT2D eigenvalue weighted by Gasteiger charge is 2.43. The molecule has 0 saturated carbocycles. The van der Waals surface area contributed by atoms with E-state index in [2.05, 4.69) is 15.0 Å². The standard InChI is InChI=1S/C14H18F4N2O2.ClH/c15-13(16)14(17,18)22-11-3-1-10(2-4-11)12(9-21)20-7-5-19-6-8-20;/h1-4,12-13,19,21H,5-9H2;1H/t12-;/m1./s1. The van der Waals surface area contributed by atoms with Gasteiger partial charge in [0.05, 0.1) is 12.6 Å². The van der Waals surface area contributed by atoms with E-state index in [1.807, 2.05) is 0 Å². The molecule has 1 heterocycles. The molecule has 132 valence electrons. The van der Waals surface area contributed by atoms with Crippen molar-refractivity contribution < 1.29 is 27.4 Å². The Balaban J connectivity index is 0.00000264. The number of nitrogens with zero attached hydrogens (tertiary/aromatic N) is 1. The Kier molecular flexibility index (Phi) is 7.53. The topological polar surface area (TPSA) is 44.7 Å². The Morgan fingerprint density at radius 1 is 1.17 bits per heavy atom. The highest BCUT2D eigenvalue weighted by molar-refractivity contribution is 5.85. The maximum atomic E-state index is 12.8. The average molecular weight is 359 g/mol. The van der Waals surface area contributed by atoms with Gasteiger partial charge in [-0.25, -0.2) is 0 Å². The zero-order valence-electron chi connectivity index (χ0n) is 12.2. The molecule has 0 aliphatic carbocycles. The number of hydrogen-bond acceptors (Lipinski definition) is 4. The Morgan fingerprint density at radius 3 is 2.22 bits per heavy atom. The van der Waals surface area contributed by atoms with Gasteiger partial charge in [-0.15, -0.1) is 12.4 Å². The van der Waals surface area contributed by atoms with E-state index < -0.39 is 12.5 Å². The molecule has 0 unspecified atom stereocenters. The molecule has 0 bridgehead atoms. The molecule has 0 spiro atoms. The minimum Gasteiger partial charge on any atom is -0.428 e. The lowest BCUT2D eigenvalue weighted by atomic mass is 10.1. The number of piperazine rings is 1. The molecule has 4 nitrogen and oxygen atoms in total. The van der Waals surface area contributed by atoms with E-state index >= 15 is 0 Å². The van der Waals surface area contributed by atoms with Crippen LogP contribution in [0.25, 0.3) is 0 Å². The molecular weight excluding hydrogens is 340 g/mol. The summed E-state index contributed by atoms with van der Waals surface area (Å²) >= 11 is 0. The van der Waals surface area contributed by atoms with Crippen molar-refractivity contribution in [3.05, 3.63) is 29.8 Å². The van der Waals surface area contributed by atoms with Gasteiger partial charge in [0.25, 0.3) is 0 Å². The molecule has 23 heavy (non-hydrogen) atoms. The number of alkyl halides is 4. The maximum Gasteiger partial charge on any atom is 0.461 e. The van der Waals surface area contributed by atoms with Crippen LogP contribution in [0, 0.1) is 0 Å². The number of benzene rings is 1. The summed E-state index contributed by atoms with van der Waals surface area (Å²) in [6, 6.07) is 5.15. The lowest BCUT2D eigenvalue weighted by Crippen LogP contribution is -2.46. The van der Waals surface area contributed by atoms with Crippen molar-refractivity contribution in [2.75, 3.05) is 32.8 Å². The third-order valence-corrected chi connectivity index (χ3v) is 3.54. The number of nitrogens with one attached hydrogen (secondary N) is 1. The van der Waals surface area contributed by atoms with E-state index in [4.69, 9.17) is 0 Å². The SMILES string of the molecule is Cl.OC[C@H](c1ccc(OC(F)(F)C(F)F)cc1)N1CCNCC1. The Morgan fingerprint density at radius 2 is 1.74 bits per heavy atom. The van der Waals surface area contributed by atoms with E-state index in [0.717, 1.165) is 31.7 Å². The fraction of sp³-hybridized carbons (Fsp3) is 0.571. The molecule has 1 aliphatic heterocycles. The first-order valence-electron chi connectivity index (χ1n) is 6.94. The second-order valence-corrected chi connectivity index (χ2v) is 5.02. The normalized spacial score (nSPS) is 17.7. The fourth-order valence-electron chi connectivity index (χ4n) is 2.39. The molecule has 0 amide bonds. The van der Waals surface area contributed by atoms with Gasteiger partial charge < -0.3 is 15.2 Å². The lowest BCUT2D eigenvalue weighted by Gasteiger charge is -2.34. The van der Waals surface area contributed by atoms with Gasteiger partial charge in [0.15, 0.2) is 0 Å². The van der Waals surface area contributed by atoms with Crippen LogP contribution in [-0.2, 0) is 0 Å². The molecule has 1 aromatic carbocycles. The summed E-state index contributed by atoms with van der Waals surface area (Å²) < 4.78 is 53.8. The van der Waals surface area contributed by atoms with Crippen LogP contribution in [0.5, 0.6) is 5.75 Å². The molecule has 1 fully saturated rings. The summed E-state index contributed by atoms with van der Waals surface area (Å²) in [5.74, 6) is -0.342. The predicted molar refractivity (Wildman–Crippen MR) is 79.5 cm³/mol. The van der Waals surface area contributed by atoms with Crippen molar-refractivity contribution in [2.24, 2.45) is 0 Å². The highest BCUT2D eigenvalue weighted by Crippen LogP contribution is 2.29. The molecule has 1 atom stereocenters. The van der Waals surface area contributed by atoms with E-state index in [1.54, 1.807) is 0 Å². The van der Waals surface area contributed by atoms with Gasteiger partial charge in [-0.2, -0.15) is 17.6 Å². The smallest absolute Gasteiger partial charge is 0.428 e. The number of hydrogen-bond donors (Lipinski definition) is 2. The van der Waals surface area contributed by atoms with Crippen molar-refractivity contribution in [3.8, 4) is 5.75 Å². The van der Waals surface area contributed by atoms with Crippen molar-refractivity contribution in [2.45, 2.75) is 18.6 Å². The van der Waals surface area contributed by atoms with Crippen molar-refractivity contribution >= 4 is 12.4 Å². The minimum absolute atomic E-state index is 0. The maximum absolute atomic E-state index is 12.8. The quantitative estimate of drug-likeness (QED) is 0.766. The zero-order valence-corrected chi connectivity index (χ0v) is 13.0. The van der Waals surface area contributed by atoms with Gasteiger partial charge in [0.1, 0.15) is 5.75 Å². The van der Waals surface area contributed by atoms with Crippen molar-refractivity contribution in [1.29, 1.82) is 0 Å². The molecule has 1 aliphatic rings. The monoisotopic (exact) mass is 358 g/mol. The first-order valence-corrected chi connectivity index (χ1v) is 6.94. The number of aliphatic hydroxyl groups is 1. The summed E-state index contributed by atoms with van der Waals surface area (Å²) in [7, 11) is 0. The van der Waals surface area contributed by atoms with E-state index in [1.165, 1.54) is 24.3 Å². The second kappa shape index (κ2) is 8.68. The molecule has 2 rings (SSSR count). The second-order valence-electron chi connectivity index (χ2n) is 5.02. The van der Waals surface area contributed by atoms with Gasteiger partial charge in [0, 0.05) is 26.2 Å². The van der Waals surface area contributed by atoms with Gasteiger partial charge in [-0.3, -0.25) is 4.90 Å². The minimum atomic E-state index is -4.52. The first-order chi connectivity index (χ1) is 10.4. The molecule has 0 aromatic heterocycles. The summed E-state index contributed by atoms with van der Waals surface area (Å²) in [6.45, 7) is 3.00. The van der Waals surface area contributed by atoms with Crippen LogP contribution in [0.3, 0.4) is 0 Å². The third kappa shape index (κ3) is 5.20. The number of halogens is 5.